The molecule has 3 N–H and O–H groups in total. The molecule has 0 radical (unpaired) electrons. The van der Waals surface area contributed by atoms with Crippen LogP contribution in [0, 0.1) is 0 Å². The van der Waals surface area contributed by atoms with Gasteiger partial charge in [-0.15, -0.1) is 11.8 Å². The van der Waals surface area contributed by atoms with E-state index in [1.165, 1.54) is 11.8 Å². The molecule has 3 amide bonds. The fourth-order valence-corrected chi connectivity index (χ4v) is 7.50. The highest BCUT2D eigenvalue weighted by Gasteiger charge is 2.33. The molecule has 0 spiro atoms. The van der Waals surface area contributed by atoms with Gasteiger partial charge in [-0.1, -0.05) is 129 Å². The zero-order valence-corrected chi connectivity index (χ0v) is 31.4. The number of amides is 3. The van der Waals surface area contributed by atoms with Crippen LogP contribution in [0.2, 0.25) is 0 Å². The topological polar surface area (TPSA) is 121 Å². The summed E-state index contributed by atoms with van der Waals surface area (Å²) in [5.74, 6) is -1.64. The Bertz CT molecular complexity index is 2500. The van der Waals surface area contributed by atoms with E-state index in [0.717, 1.165) is 11.1 Å². The molecule has 1 unspecified atom stereocenters. The molecular weight excluding hydrogens is 719 g/mol. The molecule has 0 saturated heterocycles. The first-order valence-electron chi connectivity index (χ1n) is 18.1. The van der Waals surface area contributed by atoms with E-state index in [9.17, 15) is 24.0 Å². The lowest BCUT2D eigenvalue weighted by molar-refractivity contribution is -0.116. The average Bonchev–Trinajstić information content (AvgIpc) is 3.22. The second-order valence-corrected chi connectivity index (χ2v) is 14.7. The maximum absolute atomic E-state index is 14.2. The van der Waals surface area contributed by atoms with Crippen LogP contribution in [0.5, 0.6) is 0 Å². The maximum atomic E-state index is 14.2. The molecule has 1 aliphatic rings. The summed E-state index contributed by atoms with van der Waals surface area (Å²) in [6.07, 6.45) is 1.63. The van der Waals surface area contributed by atoms with Crippen LogP contribution in [-0.4, -0.2) is 29.3 Å². The predicted molar refractivity (Wildman–Crippen MR) is 221 cm³/mol. The smallest absolute Gasteiger partial charge is 0.272 e. The van der Waals surface area contributed by atoms with Gasteiger partial charge in [-0.3, -0.25) is 24.0 Å². The number of anilines is 2. The van der Waals surface area contributed by atoms with Gasteiger partial charge in [-0.2, -0.15) is 0 Å². The Morgan fingerprint density at radius 1 is 0.607 bits per heavy atom. The molecule has 0 aromatic heterocycles. The Labute approximate surface area is 329 Å². The number of benzene rings is 6. The zero-order valence-electron chi connectivity index (χ0n) is 30.6. The van der Waals surface area contributed by atoms with Crippen molar-refractivity contribution < 1.29 is 24.0 Å². The Morgan fingerprint density at radius 2 is 1.23 bits per heavy atom. The number of ketones is 2. The van der Waals surface area contributed by atoms with Gasteiger partial charge in [-0.25, -0.2) is 0 Å². The third kappa shape index (κ3) is 8.28. The van der Waals surface area contributed by atoms with Crippen LogP contribution in [0.1, 0.15) is 83.9 Å². The van der Waals surface area contributed by atoms with Crippen LogP contribution >= 0.6 is 11.8 Å². The molecule has 1 atom stereocenters. The predicted octanol–water partition coefficient (Wildman–Crippen LogP) is 9.47. The van der Waals surface area contributed by atoms with Crippen molar-refractivity contribution in [2.75, 3.05) is 10.6 Å². The molecule has 7 rings (SSSR count). The molecule has 276 valence electrons. The lowest BCUT2D eigenvalue weighted by Gasteiger charge is -2.22. The van der Waals surface area contributed by atoms with Gasteiger partial charge < -0.3 is 16.0 Å². The van der Waals surface area contributed by atoms with Crippen molar-refractivity contribution in [2.45, 2.75) is 29.9 Å². The lowest BCUT2D eigenvalue weighted by Crippen LogP contribution is -2.30. The molecule has 56 heavy (non-hydrogen) atoms. The Kier molecular flexibility index (Phi) is 11.2. The second-order valence-electron chi connectivity index (χ2n) is 13.5. The van der Waals surface area contributed by atoms with Crippen molar-refractivity contribution in [3.8, 4) is 0 Å². The normalized spacial score (nSPS) is 12.7. The number of rotatable bonds is 11. The van der Waals surface area contributed by atoms with Crippen molar-refractivity contribution in [3.05, 3.63) is 202 Å². The molecule has 0 bridgehead atoms. The molecule has 1 aliphatic carbocycles. The van der Waals surface area contributed by atoms with Crippen molar-refractivity contribution in [1.29, 1.82) is 0 Å². The molecule has 6 aromatic carbocycles. The molecular formula is C47H37N3O5S. The van der Waals surface area contributed by atoms with Crippen molar-refractivity contribution in [2.24, 2.45) is 0 Å². The second kappa shape index (κ2) is 16.7. The van der Waals surface area contributed by atoms with E-state index < -0.39 is 23.0 Å². The molecule has 0 heterocycles. The van der Waals surface area contributed by atoms with Crippen molar-refractivity contribution in [1.82, 2.24) is 5.32 Å². The van der Waals surface area contributed by atoms with Crippen molar-refractivity contribution in [3.63, 3.8) is 0 Å². The van der Waals surface area contributed by atoms with Gasteiger partial charge >= 0.3 is 0 Å². The summed E-state index contributed by atoms with van der Waals surface area (Å²) < 4.78 is 0. The number of thioether (sulfide) groups is 1. The van der Waals surface area contributed by atoms with Crippen LogP contribution in [0.25, 0.3) is 6.08 Å². The third-order valence-electron chi connectivity index (χ3n) is 9.34. The third-order valence-corrected chi connectivity index (χ3v) is 10.6. The highest BCUT2D eigenvalue weighted by atomic mass is 32.2. The minimum absolute atomic E-state index is 0.0533. The first kappa shape index (κ1) is 37.5. The van der Waals surface area contributed by atoms with E-state index in [4.69, 9.17) is 0 Å². The summed E-state index contributed by atoms with van der Waals surface area (Å²) in [7, 11) is 0. The van der Waals surface area contributed by atoms with Crippen LogP contribution < -0.4 is 16.0 Å². The highest BCUT2D eigenvalue weighted by Crippen LogP contribution is 2.39. The number of carbonyl (C=O) groups is 5. The Balaban J connectivity index is 1.14. The van der Waals surface area contributed by atoms with E-state index >= 15 is 0 Å². The average molecular weight is 756 g/mol. The summed E-state index contributed by atoms with van der Waals surface area (Å²) in [4.78, 5) is 68.9. The largest absolute Gasteiger partial charge is 0.324 e. The van der Waals surface area contributed by atoms with Crippen LogP contribution in [-0.2, 0) is 9.59 Å². The molecule has 6 aromatic rings. The van der Waals surface area contributed by atoms with Crippen molar-refractivity contribution >= 4 is 58.5 Å². The highest BCUT2D eigenvalue weighted by molar-refractivity contribution is 8.00. The summed E-state index contributed by atoms with van der Waals surface area (Å²) in [5.41, 5.74) is 4.77. The quantitative estimate of drug-likeness (QED) is 0.0894. The van der Waals surface area contributed by atoms with Crippen LogP contribution in [0.15, 0.2) is 162 Å². The number of fused-ring (bicyclic) bond motifs is 2. The Morgan fingerprint density at radius 3 is 1.93 bits per heavy atom. The monoisotopic (exact) mass is 755 g/mol. The van der Waals surface area contributed by atoms with E-state index in [1.54, 1.807) is 91.0 Å². The SMILES string of the molecule is CC(C)c1ccc(/C=C(/NC(=O)c2ccccc2)C(=O)Nc2cccc(SC(C(=O)Nc3cccc4c3C(=O)c3ccccc3C4=O)c3ccccc3)c2)cc1. The van der Waals surface area contributed by atoms with Gasteiger partial charge in [-0.05, 0) is 65.1 Å². The van der Waals surface area contributed by atoms with Gasteiger partial charge in [0.15, 0.2) is 11.6 Å². The first-order chi connectivity index (χ1) is 27.2. The number of carbonyl (C=O) groups excluding carboxylic acids is 5. The van der Waals surface area contributed by atoms with Crippen LogP contribution in [0.3, 0.4) is 0 Å². The summed E-state index contributed by atoms with van der Waals surface area (Å²) in [5, 5.41) is 7.87. The fraction of sp³-hybridized carbons (Fsp3) is 0.0851. The number of hydrogen-bond acceptors (Lipinski definition) is 6. The minimum Gasteiger partial charge on any atom is -0.324 e. The molecule has 0 fully saturated rings. The van der Waals surface area contributed by atoms with Gasteiger partial charge in [0.05, 0.1) is 11.3 Å². The molecule has 8 nitrogen and oxygen atoms in total. The summed E-state index contributed by atoms with van der Waals surface area (Å²) in [6, 6.07) is 44.3. The Hall–Kier alpha value is -6.84. The lowest BCUT2D eigenvalue weighted by atomic mass is 9.83. The molecule has 0 saturated carbocycles. The van der Waals surface area contributed by atoms with Gasteiger partial charge in [0.2, 0.25) is 5.91 Å². The number of hydrogen-bond donors (Lipinski definition) is 3. The van der Waals surface area contributed by atoms with Gasteiger partial charge in [0, 0.05) is 32.8 Å². The van der Waals surface area contributed by atoms with E-state index in [2.05, 4.69) is 29.8 Å². The van der Waals surface area contributed by atoms with Crippen LogP contribution in [0.4, 0.5) is 11.4 Å². The zero-order chi connectivity index (χ0) is 39.2. The van der Waals surface area contributed by atoms with Gasteiger partial charge in [0.1, 0.15) is 10.9 Å². The minimum atomic E-state index is -0.783. The number of nitrogens with one attached hydrogen (secondary N) is 3. The molecule has 9 heteroatoms. The summed E-state index contributed by atoms with van der Waals surface area (Å²) in [6.45, 7) is 4.20. The van der Waals surface area contributed by atoms with E-state index in [-0.39, 0.29) is 34.1 Å². The van der Waals surface area contributed by atoms with E-state index in [1.807, 2.05) is 66.7 Å². The standard InChI is InChI=1S/C47H37N3O5S/c1-29(2)31-25-23-30(24-26-31)27-40(50-45(53)33-15-7-4-8-16-33)46(54)48-34-17-11-18-35(28-34)56-44(32-13-5-3-6-14-32)47(55)49-39-22-12-21-38-41(39)43(52)37-20-10-9-19-36(37)42(38)51/h3-29,44H,1-2H3,(H,48,54)(H,49,55)(H,50,53)/b40-27+. The molecule has 0 aliphatic heterocycles. The summed E-state index contributed by atoms with van der Waals surface area (Å²) >= 11 is 1.26. The van der Waals surface area contributed by atoms with E-state index in [0.29, 0.717) is 38.8 Å². The maximum Gasteiger partial charge on any atom is 0.272 e. The fourth-order valence-electron chi connectivity index (χ4n) is 6.42. The van der Waals surface area contributed by atoms with Gasteiger partial charge in [0.25, 0.3) is 11.8 Å². The first-order valence-corrected chi connectivity index (χ1v) is 19.0.